The van der Waals surface area contributed by atoms with Crippen molar-refractivity contribution >= 4 is 67.8 Å². The quantitative estimate of drug-likeness (QED) is 0.226. The van der Waals surface area contributed by atoms with Crippen LogP contribution in [-0.4, -0.2) is 36.7 Å². The van der Waals surface area contributed by atoms with Gasteiger partial charge in [0.25, 0.3) is 11.1 Å². The summed E-state index contributed by atoms with van der Waals surface area (Å²) in [5.41, 5.74) is -0.205. The third-order valence-electron chi connectivity index (χ3n) is 7.26. The summed E-state index contributed by atoms with van der Waals surface area (Å²) in [6.07, 6.45) is 6.33. The number of amides is 1. The molecule has 0 unspecified atom stereocenters. The molecule has 13 heteroatoms. The summed E-state index contributed by atoms with van der Waals surface area (Å²) >= 11 is 1.39. The van der Waals surface area contributed by atoms with Crippen LogP contribution in [0.25, 0.3) is 16.6 Å². The minimum absolute atomic E-state index is 0.00505. The highest BCUT2D eigenvalue weighted by Crippen LogP contribution is 2.34. The maximum absolute atomic E-state index is 14.9. The third kappa shape index (κ3) is 6.43. The van der Waals surface area contributed by atoms with Gasteiger partial charge in [0.2, 0.25) is 5.91 Å². The van der Waals surface area contributed by atoms with Crippen molar-refractivity contribution in [3.8, 4) is 5.69 Å². The van der Waals surface area contributed by atoms with Crippen molar-refractivity contribution in [3.63, 3.8) is 0 Å². The third-order valence-corrected chi connectivity index (χ3v) is 7.93. The first kappa shape index (κ1) is 31.0. The van der Waals surface area contributed by atoms with Crippen LogP contribution in [0.1, 0.15) is 37.3 Å². The molecule has 2 aromatic heterocycles. The molecule has 0 bridgehead atoms. The lowest BCUT2D eigenvalue weighted by atomic mass is 10.1. The number of hydrogen-bond donors (Lipinski definition) is 2. The molecule has 0 spiro atoms. The number of benzene rings is 2. The molecule has 1 amide bonds. The number of nitrogens with zero attached hydrogens (tertiary/aromatic N) is 3. The number of carbonyl (C=O) groups excluding carboxylic acids is 1. The van der Waals surface area contributed by atoms with Gasteiger partial charge in [0, 0.05) is 33.8 Å². The number of carbonyl (C=O) groups is 1. The van der Waals surface area contributed by atoms with Crippen molar-refractivity contribution in [1.82, 2.24) is 13.7 Å². The molecular weight excluding hydrogens is 688 g/mol. The van der Waals surface area contributed by atoms with Gasteiger partial charge in [-0.25, -0.2) is 9.18 Å². The molecule has 2 aliphatic rings. The van der Waals surface area contributed by atoms with E-state index >= 15 is 0 Å². The molecule has 2 aromatic carbocycles. The van der Waals surface area contributed by atoms with Crippen LogP contribution in [0.5, 0.6) is 0 Å². The Morgan fingerprint density at radius 3 is 2.33 bits per heavy atom. The van der Waals surface area contributed by atoms with Crippen LogP contribution in [0.4, 0.5) is 21.6 Å². The van der Waals surface area contributed by atoms with E-state index in [-0.39, 0.29) is 45.8 Å². The van der Waals surface area contributed by atoms with Gasteiger partial charge in [-0.3, -0.25) is 28.1 Å². The zero-order chi connectivity index (χ0) is 31.2. The molecule has 10 nitrogen and oxygen atoms in total. The van der Waals surface area contributed by atoms with Crippen molar-refractivity contribution in [2.24, 2.45) is 13.0 Å². The summed E-state index contributed by atoms with van der Waals surface area (Å²) in [4.78, 5) is 53.6. The largest absolute Gasteiger partial charge is 0.617 e. The Morgan fingerprint density at radius 2 is 1.72 bits per heavy atom. The molecule has 2 fully saturated rings. The highest BCUT2D eigenvalue weighted by atomic mass is 127. The number of pyridine rings is 1. The van der Waals surface area contributed by atoms with Gasteiger partial charge in [-0.05, 0) is 91.6 Å². The van der Waals surface area contributed by atoms with Crippen LogP contribution in [-0.2, 0) is 23.0 Å². The Hall–Kier alpha value is -3.43. The molecule has 2 aliphatic carbocycles. The highest BCUT2D eigenvalue weighted by molar-refractivity contribution is 14.1. The van der Waals surface area contributed by atoms with Gasteiger partial charge in [0.1, 0.15) is 17.0 Å². The summed E-state index contributed by atoms with van der Waals surface area (Å²) < 4.78 is 29.0. The fourth-order valence-electron chi connectivity index (χ4n) is 4.89. The molecule has 43 heavy (non-hydrogen) atoms. The summed E-state index contributed by atoms with van der Waals surface area (Å²) in [6, 6.07) is 11.1. The zero-order valence-electron chi connectivity index (χ0n) is 24.1. The fraction of sp³-hybridized carbons (Fsp3) is 0.333. The molecule has 0 atom stereocenters. The van der Waals surface area contributed by atoms with E-state index in [1.807, 2.05) is 22.6 Å². The fourth-order valence-corrected chi connectivity index (χ4v) is 5.34. The second kappa shape index (κ2) is 12.3. The number of nitrogens with one attached hydrogen (secondary N) is 2. The second-order valence-electron chi connectivity index (χ2n) is 10.9. The number of aryl methyl sites for hydroxylation is 1. The van der Waals surface area contributed by atoms with Crippen LogP contribution < -0.4 is 27.4 Å². The summed E-state index contributed by atoms with van der Waals surface area (Å²) in [7, 11) is 1.51. The summed E-state index contributed by atoms with van der Waals surface area (Å²) in [5.74, 6) is -0.539. The second-order valence-corrected chi connectivity index (χ2v) is 13.6. The van der Waals surface area contributed by atoms with Crippen LogP contribution in [0.3, 0.4) is 0 Å². The van der Waals surface area contributed by atoms with Crippen molar-refractivity contribution in [1.29, 1.82) is 0 Å². The van der Waals surface area contributed by atoms with Crippen molar-refractivity contribution in [2.45, 2.75) is 38.6 Å². The molecule has 0 saturated heterocycles. The van der Waals surface area contributed by atoms with Crippen LogP contribution in [0.15, 0.2) is 56.8 Å². The SMILES string of the molecule is C[S+](C)[O-].Cc1c(=O)n(C)c(Nc2ccc(I)cc2F)c2c(=O)n(C3CC3)c(=O)n(-c3cccc(NC(=O)C4CC4)c3)c12. The smallest absolute Gasteiger partial charge is 0.336 e. The lowest BCUT2D eigenvalue weighted by Crippen LogP contribution is -2.41. The van der Waals surface area contributed by atoms with E-state index in [9.17, 15) is 28.1 Å². The normalized spacial score (nSPS) is 14.4. The first-order valence-corrected chi connectivity index (χ1v) is 16.7. The molecule has 2 heterocycles. The molecule has 0 radical (unpaired) electrons. The molecule has 6 rings (SSSR count). The van der Waals surface area contributed by atoms with E-state index in [1.165, 1.54) is 32.9 Å². The standard InChI is InChI=1S/C28H25FIN5O4.C2H6OS/c1-14-23-22(24(33(2)26(14)37)32-21-11-8-16(30)12-20(21)29)27(38)35(18-9-10-18)28(39)34(23)19-5-3-4-17(13-19)31-25(36)15-6-7-15;1-4(2)3/h3-5,8,11-13,15,18,32H,6-7,9-10H2,1-2H3,(H,31,36);1-2H3. The minimum Gasteiger partial charge on any atom is -0.617 e. The molecule has 0 aliphatic heterocycles. The average molecular weight is 720 g/mol. The van der Waals surface area contributed by atoms with Crippen LogP contribution in [0, 0.1) is 22.2 Å². The van der Waals surface area contributed by atoms with Crippen LogP contribution >= 0.6 is 22.6 Å². The molecular formula is C30H31FIN5O5S. The first-order valence-electron chi connectivity index (χ1n) is 13.7. The lowest BCUT2D eigenvalue weighted by molar-refractivity contribution is -0.117. The zero-order valence-corrected chi connectivity index (χ0v) is 27.0. The molecule has 2 saturated carbocycles. The van der Waals surface area contributed by atoms with Crippen molar-refractivity contribution in [2.75, 3.05) is 23.1 Å². The van der Waals surface area contributed by atoms with E-state index in [1.54, 1.807) is 49.8 Å². The van der Waals surface area contributed by atoms with Gasteiger partial charge >= 0.3 is 5.69 Å². The van der Waals surface area contributed by atoms with E-state index in [4.69, 9.17) is 0 Å². The Morgan fingerprint density at radius 1 is 1.05 bits per heavy atom. The number of aromatic nitrogens is 3. The van der Waals surface area contributed by atoms with E-state index in [2.05, 4.69) is 10.6 Å². The molecule has 226 valence electrons. The summed E-state index contributed by atoms with van der Waals surface area (Å²) in [5, 5.41) is 5.95. The maximum Gasteiger partial charge on any atom is 0.336 e. The minimum atomic E-state index is -0.611. The first-order chi connectivity index (χ1) is 20.4. The van der Waals surface area contributed by atoms with Crippen molar-refractivity contribution in [3.05, 3.63) is 88.6 Å². The highest BCUT2D eigenvalue weighted by Gasteiger charge is 2.32. The number of hydrogen-bond acceptors (Lipinski definition) is 6. The molecule has 4 aromatic rings. The van der Waals surface area contributed by atoms with Gasteiger partial charge in [0.15, 0.2) is 0 Å². The Bertz CT molecular complexity index is 1930. The average Bonchev–Trinajstić information content (AvgIpc) is 3.85. The summed E-state index contributed by atoms with van der Waals surface area (Å²) in [6.45, 7) is 1.56. The van der Waals surface area contributed by atoms with Gasteiger partial charge in [-0.15, -0.1) is 0 Å². The van der Waals surface area contributed by atoms with E-state index < -0.39 is 33.8 Å². The number of fused-ring (bicyclic) bond motifs is 1. The van der Waals surface area contributed by atoms with E-state index in [0.29, 0.717) is 27.8 Å². The Kier molecular flexibility index (Phi) is 8.86. The van der Waals surface area contributed by atoms with Gasteiger partial charge in [0.05, 0.1) is 29.4 Å². The van der Waals surface area contributed by atoms with Gasteiger partial charge < -0.3 is 15.2 Å². The number of halogens is 2. The topological polar surface area (TPSA) is 130 Å². The van der Waals surface area contributed by atoms with Crippen molar-refractivity contribution < 1.29 is 13.7 Å². The maximum atomic E-state index is 14.9. The number of rotatable bonds is 6. The Labute approximate surface area is 263 Å². The number of anilines is 3. The predicted molar refractivity (Wildman–Crippen MR) is 176 cm³/mol. The lowest BCUT2D eigenvalue weighted by Gasteiger charge is -2.21. The van der Waals surface area contributed by atoms with Gasteiger partial charge in [-0.1, -0.05) is 17.2 Å². The van der Waals surface area contributed by atoms with Crippen LogP contribution in [0.2, 0.25) is 0 Å². The molecule has 2 N–H and O–H groups in total. The van der Waals surface area contributed by atoms with Gasteiger partial charge in [-0.2, -0.15) is 0 Å². The predicted octanol–water partition coefficient (Wildman–Crippen LogP) is 4.32. The van der Waals surface area contributed by atoms with E-state index in [0.717, 1.165) is 12.8 Å². The monoisotopic (exact) mass is 719 g/mol. The Balaban J connectivity index is 0.000000868.